The Morgan fingerprint density at radius 3 is 2.16 bits per heavy atom. The van der Waals surface area contributed by atoms with Crippen LogP contribution in [0.1, 0.15) is 27.2 Å². The zero-order valence-electron chi connectivity index (χ0n) is 14.9. The molecule has 2 aliphatic heterocycles. The summed E-state index contributed by atoms with van der Waals surface area (Å²) in [5, 5.41) is -0.107. The average Bonchev–Trinajstić information content (AvgIpc) is 3.17. The summed E-state index contributed by atoms with van der Waals surface area (Å²) in [6.45, 7) is 9.93. The lowest BCUT2D eigenvalue weighted by Gasteiger charge is -2.39. The summed E-state index contributed by atoms with van der Waals surface area (Å²) in [5.74, 6) is 0. The molecule has 11 heteroatoms. The number of ether oxygens (including phenoxy) is 2. The molecular formula is C14H25F3O6SSi. The molecule has 0 amide bonds. The van der Waals surface area contributed by atoms with E-state index in [-0.39, 0.29) is 17.2 Å². The molecule has 0 N–H and O–H groups in total. The summed E-state index contributed by atoms with van der Waals surface area (Å²) >= 11 is 0. The van der Waals surface area contributed by atoms with Crippen LogP contribution in [0.3, 0.4) is 0 Å². The van der Waals surface area contributed by atoms with E-state index in [9.17, 15) is 21.6 Å². The highest BCUT2D eigenvalue weighted by molar-refractivity contribution is 7.87. The summed E-state index contributed by atoms with van der Waals surface area (Å²) in [4.78, 5) is 0. The normalized spacial score (nSPS) is 31.4. The van der Waals surface area contributed by atoms with Crippen molar-refractivity contribution in [2.75, 3.05) is 13.2 Å². The van der Waals surface area contributed by atoms with Crippen molar-refractivity contribution in [1.82, 2.24) is 0 Å². The summed E-state index contributed by atoms with van der Waals surface area (Å²) < 4.78 is 80.9. The van der Waals surface area contributed by atoms with Gasteiger partial charge in [0.25, 0.3) is 0 Å². The van der Waals surface area contributed by atoms with Gasteiger partial charge in [-0.3, -0.25) is 4.18 Å². The van der Waals surface area contributed by atoms with Gasteiger partial charge in [-0.05, 0) is 18.1 Å². The molecule has 0 radical (unpaired) electrons. The van der Waals surface area contributed by atoms with Gasteiger partial charge in [0.05, 0.1) is 25.4 Å². The van der Waals surface area contributed by atoms with Crippen LogP contribution in [0, 0.1) is 0 Å². The number of halogens is 3. The Balaban J connectivity index is 2.07. The van der Waals surface area contributed by atoms with E-state index in [1.807, 2.05) is 33.9 Å². The largest absolute Gasteiger partial charge is 0.523 e. The predicted molar refractivity (Wildman–Crippen MR) is 86.0 cm³/mol. The molecule has 0 aliphatic carbocycles. The van der Waals surface area contributed by atoms with Crippen LogP contribution in [0.5, 0.6) is 0 Å². The fraction of sp³-hybridized carbons (Fsp3) is 1.00. The highest BCUT2D eigenvalue weighted by Gasteiger charge is 2.51. The van der Waals surface area contributed by atoms with E-state index in [1.165, 1.54) is 0 Å². The standard InChI is InChI=1S/C14H25F3O6SSi/c1-13(2,3)25(4,5)23-10-6-9(11-7-20-11)22-12(10)8-21-24(18,19)14(15,16)17/h9-12H,6-8H2,1-5H3/t9-,10+,11+,12-/m0/s1. The minimum absolute atomic E-state index is 0.107. The number of rotatable bonds is 6. The Hall–Kier alpha value is -0.203. The van der Waals surface area contributed by atoms with Crippen molar-refractivity contribution in [1.29, 1.82) is 0 Å². The lowest BCUT2D eigenvalue weighted by molar-refractivity contribution is -0.0625. The first kappa shape index (κ1) is 21.1. The van der Waals surface area contributed by atoms with Gasteiger partial charge in [-0.25, -0.2) is 0 Å². The molecule has 6 nitrogen and oxygen atoms in total. The van der Waals surface area contributed by atoms with Crippen LogP contribution in [-0.2, 0) is 28.2 Å². The Morgan fingerprint density at radius 1 is 1.16 bits per heavy atom. The third kappa shape index (κ3) is 4.95. The Morgan fingerprint density at radius 2 is 1.72 bits per heavy atom. The molecule has 4 atom stereocenters. The minimum atomic E-state index is -5.66. The molecule has 0 spiro atoms. The topological polar surface area (TPSA) is 74.4 Å². The van der Waals surface area contributed by atoms with Crippen LogP contribution in [0.2, 0.25) is 18.1 Å². The molecule has 0 bridgehead atoms. The lowest BCUT2D eigenvalue weighted by atomic mass is 10.1. The van der Waals surface area contributed by atoms with Crippen molar-refractivity contribution in [3.05, 3.63) is 0 Å². The highest BCUT2D eigenvalue weighted by Crippen LogP contribution is 2.41. The quantitative estimate of drug-likeness (QED) is 0.292. The van der Waals surface area contributed by atoms with E-state index in [0.29, 0.717) is 13.0 Å². The van der Waals surface area contributed by atoms with Crippen LogP contribution >= 0.6 is 0 Å². The van der Waals surface area contributed by atoms with Gasteiger partial charge < -0.3 is 13.9 Å². The Labute approximate surface area is 147 Å². The van der Waals surface area contributed by atoms with Gasteiger partial charge in [0.1, 0.15) is 12.2 Å². The Bertz CT molecular complexity index is 582. The number of alkyl halides is 3. The van der Waals surface area contributed by atoms with E-state index in [2.05, 4.69) is 4.18 Å². The van der Waals surface area contributed by atoms with Crippen LogP contribution in [-0.4, -0.2) is 59.9 Å². The van der Waals surface area contributed by atoms with Crippen molar-refractivity contribution >= 4 is 18.4 Å². The first-order chi connectivity index (χ1) is 11.1. The van der Waals surface area contributed by atoms with Crippen LogP contribution < -0.4 is 0 Å². The third-order valence-corrected chi connectivity index (χ3v) is 10.4. The predicted octanol–water partition coefficient (Wildman–Crippen LogP) is 2.80. The van der Waals surface area contributed by atoms with Crippen molar-refractivity contribution in [2.45, 2.75) is 75.2 Å². The van der Waals surface area contributed by atoms with E-state index in [1.54, 1.807) is 0 Å². The zero-order chi connectivity index (χ0) is 19.3. The summed E-state index contributed by atoms with van der Waals surface area (Å²) in [6, 6.07) is 0. The van der Waals surface area contributed by atoms with E-state index >= 15 is 0 Å². The average molecular weight is 406 g/mol. The second-order valence-corrected chi connectivity index (χ2v) is 14.3. The maximum atomic E-state index is 12.4. The van der Waals surface area contributed by atoms with Gasteiger partial charge >= 0.3 is 15.6 Å². The van der Waals surface area contributed by atoms with Gasteiger partial charge in [-0.15, -0.1) is 0 Å². The van der Waals surface area contributed by atoms with Gasteiger partial charge in [0.2, 0.25) is 0 Å². The second kappa shape index (κ2) is 6.75. The van der Waals surface area contributed by atoms with Crippen molar-refractivity contribution in [2.24, 2.45) is 0 Å². The molecule has 148 valence electrons. The number of hydrogen-bond acceptors (Lipinski definition) is 6. The fourth-order valence-electron chi connectivity index (χ4n) is 2.31. The maximum Gasteiger partial charge on any atom is 0.523 e. The zero-order valence-corrected chi connectivity index (χ0v) is 16.7. The second-order valence-electron chi connectivity index (χ2n) is 7.92. The Kier molecular flexibility index (Phi) is 5.70. The number of hydrogen-bond donors (Lipinski definition) is 0. The van der Waals surface area contributed by atoms with E-state index in [4.69, 9.17) is 13.9 Å². The third-order valence-electron chi connectivity index (χ3n) is 4.93. The van der Waals surface area contributed by atoms with Gasteiger partial charge in [-0.1, -0.05) is 20.8 Å². The SMILES string of the molecule is CC(C)(C)[Si](C)(C)O[C@@H]1C[C@@H]([C@H]2CO2)O[C@H]1COS(=O)(=O)C(F)(F)F. The van der Waals surface area contributed by atoms with Crippen molar-refractivity contribution in [3.63, 3.8) is 0 Å². The monoisotopic (exact) mass is 406 g/mol. The van der Waals surface area contributed by atoms with Gasteiger partial charge in [0.15, 0.2) is 8.32 Å². The molecule has 0 saturated carbocycles. The first-order valence-electron chi connectivity index (χ1n) is 8.05. The molecule has 2 aliphatic rings. The number of epoxide rings is 1. The van der Waals surface area contributed by atoms with E-state index in [0.717, 1.165) is 0 Å². The molecular weight excluding hydrogens is 381 g/mol. The van der Waals surface area contributed by atoms with Crippen LogP contribution in [0.15, 0.2) is 0 Å². The smallest absolute Gasteiger partial charge is 0.411 e. The molecule has 2 rings (SSSR count). The summed E-state index contributed by atoms with van der Waals surface area (Å²) in [7, 11) is -7.87. The summed E-state index contributed by atoms with van der Waals surface area (Å²) in [6.07, 6.45) is -1.41. The first-order valence-corrected chi connectivity index (χ1v) is 12.4. The van der Waals surface area contributed by atoms with Gasteiger partial charge in [0, 0.05) is 6.42 Å². The van der Waals surface area contributed by atoms with Gasteiger partial charge in [-0.2, -0.15) is 21.6 Å². The molecule has 2 saturated heterocycles. The molecule has 2 fully saturated rings. The highest BCUT2D eigenvalue weighted by atomic mass is 32.2. The molecule has 0 aromatic carbocycles. The minimum Gasteiger partial charge on any atom is -0.411 e. The van der Waals surface area contributed by atoms with Crippen molar-refractivity contribution in [3.8, 4) is 0 Å². The molecule has 2 heterocycles. The molecule has 0 aromatic heterocycles. The van der Waals surface area contributed by atoms with Crippen LogP contribution in [0.25, 0.3) is 0 Å². The van der Waals surface area contributed by atoms with E-state index < -0.39 is 42.8 Å². The van der Waals surface area contributed by atoms with Crippen molar-refractivity contribution < 1.29 is 39.7 Å². The molecule has 0 aromatic rings. The van der Waals surface area contributed by atoms with Crippen LogP contribution in [0.4, 0.5) is 13.2 Å². The molecule has 25 heavy (non-hydrogen) atoms. The summed E-state index contributed by atoms with van der Waals surface area (Å²) in [5.41, 5.74) is -5.46. The fourth-order valence-corrected chi connectivity index (χ4v) is 4.11. The molecule has 0 unspecified atom stereocenters. The lowest BCUT2D eigenvalue weighted by Crippen LogP contribution is -2.47. The maximum absolute atomic E-state index is 12.4.